The van der Waals surface area contributed by atoms with Crippen LogP contribution in [-0.2, 0) is 19.2 Å². The first-order valence-electron chi connectivity index (χ1n) is 11.5. The van der Waals surface area contributed by atoms with Crippen molar-refractivity contribution in [2.75, 3.05) is 13.1 Å². The van der Waals surface area contributed by atoms with Crippen LogP contribution in [0.1, 0.15) is 50.5 Å². The Morgan fingerprint density at radius 2 is 1.86 bits per heavy atom. The van der Waals surface area contributed by atoms with Gasteiger partial charge in [-0.1, -0.05) is 23.2 Å². The number of hydrogen-bond donors (Lipinski definition) is 5. The summed E-state index contributed by atoms with van der Waals surface area (Å²) in [5, 5.41) is 11.7. The molecule has 4 amide bonds. The highest BCUT2D eigenvalue weighted by atomic mass is 35.5. The molecule has 36 heavy (non-hydrogen) atoms. The molecule has 2 unspecified atom stereocenters. The quantitative estimate of drug-likeness (QED) is 0.327. The molecule has 1 aromatic carbocycles. The van der Waals surface area contributed by atoms with Gasteiger partial charge in [0.15, 0.2) is 0 Å². The van der Waals surface area contributed by atoms with Crippen LogP contribution in [0, 0.1) is 5.92 Å². The van der Waals surface area contributed by atoms with E-state index >= 15 is 0 Å². The van der Waals surface area contributed by atoms with Crippen molar-refractivity contribution in [3.8, 4) is 0 Å². The standard InChI is InChI=1S/C24H29Cl2N5O5/c1-24(2,3)31-23(36)20(33)17(7-12-5-4-6-27-21(12)34)30-19(32)11-28-22(35)18-10-14-15(26)8-13(25)9-16(14)29-18/h8-10,12,17,29H,4-7,11H2,1-3H3,(H,27,34)(H,28,35)(H,30,32)(H,31,36). The summed E-state index contributed by atoms with van der Waals surface area (Å²) in [6.07, 6.45) is 1.24. The molecule has 1 saturated heterocycles. The molecule has 0 bridgehead atoms. The van der Waals surface area contributed by atoms with Crippen LogP contribution in [0.15, 0.2) is 18.2 Å². The maximum Gasteiger partial charge on any atom is 0.290 e. The van der Waals surface area contributed by atoms with Gasteiger partial charge in [0, 0.05) is 33.9 Å². The molecular weight excluding hydrogens is 509 g/mol. The van der Waals surface area contributed by atoms with Crippen molar-refractivity contribution in [1.29, 1.82) is 0 Å². The summed E-state index contributed by atoms with van der Waals surface area (Å²) in [7, 11) is 0. The van der Waals surface area contributed by atoms with E-state index in [2.05, 4.69) is 26.3 Å². The van der Waals surface area contributed by atoms with E-state index in [1.54, 1.807) is 32.9 Å². The summed E-state index contributed by atoms with van der Waals surface area (Å²) in [6.45, 7) is 5.26. The second-order valence-electron chi connectivity index (χ2n) is 9.77. The van der Waals surface area contributed by atoms with Crippen LogP contribution in [0.25, 0.3) is 10.9 Å². The molecule has 0 spiro atoms. The number of piperidine rings is 1. The largest absolute Gasteiger partial charge is 0.356 e. The molecule has 12 heteroatoms. The van der Waals surface area contributed by atoms with Gasteiger partial charge in [-0.05, 0) is 58.2 Å². The molecule has 0 saturated carbocycles. The van der Waals surface area contributed by atoms with Gasteiger partial charge in [-0.25, -0.2) is 0 Å². The number of hydrogen-bond acceptors (Lipinski definition) is 5. The molecule has 3 rings (SSSR count). The normalized spacial score (nSPS) is 16.7. The molecule has 2 aromatic rings. The van der Waals surface area contributed by atoms with Crippen LogP contribution < -0.4 is 21.3 Å². The van der Waals surface area contributed by atoms with Crippen molar-refractivity contribution in [2.24, 2.45) is 5.92 Å². The highest BCUT2D eigenvalue weighted by Crippen LogP contribution is 2.28. The van der Waals surface area contributed by atoms with Crippen LogP contribution in [0.4, 0.5) is 0 Å². The predicted octanol–water partition coefficient (Wildman–Crippen LogP) is 2.09. The maximum absolute atomic E-state index is 12.9. The molecular formula is C24H29Cl2N5O5. The van der Waals surface area contributed by atoms with Gasteiger partial charge in [-0.15, -0.1) is 0 Å². The maximum atomic E-state index is 12.9. The van der Waals surface area contributed by atoms with Crippen molar-refractivity contribution in [3.63, 3.8) is 0 Å². The Kier molecular flexibility index (Phi) is 8.63. The number of Topliss-reactive ketones (excluding diaryl/α,β-unsaturated/α-hetero) is 1. The summed E-state index contributed by atoms with van der Waals surface area (Å²) >= 11 is 12.1. The minimum atomic E-state index is -1.22. The minimum absolute atomic E-state index is 0.0246. The van der Waals surface area contributed by atoms with Crippen molar-refractivity contribution in [1.82, 2.24) is 26.3 Å². The lowest BCUT2D eigenvalue weighted by Gasteiger charge is -2.27. The van der Waals surface area contributed by atoms with E-state index in [9.17, 15) is 24.0 Å². The van der Waals surface area contributed by atoms with Gasteiger partial charge in [0.1, 0.15) is 5.69 Å². The van der Waals surface area contributed by atoms with Gasteiger partial charge in [0.2, 0.25) is 17.6 Å². The Labute approximate surface area is 218 Å². The fourth-order valence-electron chi connectivity index (χ4n) is 3.92. The number of ketones is 1. The van der Waals surface area contributed by atoms with Crippen molar-refractivity contribution >= 4 is 63.5 Å². The van der Waals surface area contributed by atoms with Crippen LogP contribution >= 0.6 is 23.2 Å². The fourth-order valence-corrected chi connectivity index (χ4v) is 4.47. The second kappa shape index (κ2) is 11.3. The van der Waals surface area contributed by atoms with E-state index in [0.29, 0.717) is 33.9 Å². The fraction of sp³-hybridized carbons (Fsp3) is 0.458. The van der Waals surface area contributed by atoms with E-state index in [4.69, 9.17) is 23.2 Å². The topological polar surface area (TPSA) is 149 Å². The molecule has 2 heterocycles. The molecule has 2 atom stereocenters. The molecule has 5 N–H and O–H groups in total. The predicted molar refractivity (Wildman–Crippen MR) is 136 cm³/mol. The molecule has 1 aromatic heterocycles. The average molecular weight is 538 g/mol. The minimum Gasteiger partial charge on any atom is -0.356 e. The van der Waals surface area contributed by atoms with Crippen LogP contribution in [0.2, 0.25) is 10.0 Å². The molecule has 1 aliphatic heterocycles. The first-order valence-corrected chi connectivity index (χ1v) is 12.3. The Bertz CT molecular complexity index is 1200. The number of halogens is 2. The number of aromatic amines is 1. The van der Waals surface area contributed by atoms with Crippen molar-refractivity contribution in [3.05, 3.63) is 33.9 Å². The van der Waals surface area contributed by atoms with E-state index in [-0.39, 0.29) is 18.0 Å². The zero-order valence-electron chi connectivity index (χ0n) is 20.2. The smallest absolute Gasteiger partial charge is 0.290 e. The number of carbonyl (C=O) groups excluding carboxylic acids is 5. The Hall–Kier alpha value is -3.11. The lowest BCUT2D eigenvalue weighted by atomic mass is 9.89. The number of carbonyl (C=O) groups is 5. The average Bonchev–Trinajstić information content (AvgIpc) is 3.21. The summed E-state index contributed by atoms with van der Waals surface area (Å²) in [6, 6.07) is 3.48. The first-order chi connectivity index (χ1) is 16.8. The molecule has 1 aliphatic rings. The van der Waals surface area contributed by atoms with Crippen molar-refractivity contribution in [2.45, 2.75) is 51.6 Å². The van der Waals surface area contributed by atoms with Gasteiger partial charge >= 0.3 is 0 Å². The molecule has 10 nitrogen and oxygen atoms in total. The monoisotopic (exact) mass is 537 g/mol. The highest BCUT2D eigenvalue weighted by Gasteiger charge is 2.34. The van der Waals surface area contributed by atoms with Gasteiger partial charge in [-0.2, -0.15) is 0 Å². The summed E-state index contributed by atoms with van der Waals surface area (Å²) < 4.78 is 0. The summed E-state index contributed by atoms with van der Waals surface area (Å²) in [5.41, 5.74) is 0.0610. The Balaban J connectivity index is 1.66. The lowest BCUT2D eigenvalue weighted by Crippen LogP contribution is -2.54. The highest BCUT2D eigenvalue weighted by molar-refractivity contribution is 6.39. The number of benzene rings is 1. The third-order valence-corrected chi connectivity index (χ3v) is 6.12. The number of aromatic nitrogens is 1. The van der Waals surface area contributed by atoms with E-state index in [1.807, 2.05) is 0 Å². The van der Waals surface area contributed by atoms with Gasteiger partial charge in [0.05, 0.1) is 17.6 Å². The van der Waals surface area contributed by atoms with E-state index in [1.165, 1.54) is 6.07 Å². The molecule has 194 valence electrons. The number of nitrogens with one attached hydrogen (secondary N) is 5. The van der Waals surface area contributed by atoms with Gasteiger partial charge in [-0.3, -0.25) is 24.0 Å². The Morgan fingerprint density at radius 1 is 1.14 bits per heavy atom. The number of fused-ring (bicyclic) bond motifs is 1. The van der Waals surface area contributed by atoms with E-state index in [0.717, 1.165) is 6.42 Å². The Morgan fingerprint density at radius 3 is 2.53 bits per heavy atom. The zero-order valence-corrected chi connectivity index (χ0v) is 21.7. The summed E-state index contributed by atoms with van der Waals surface area (Å²) in [4.78, 5) is 65.7. The summed E-state index contributed by atoms with van der Waals surface area (Å²) in [5.74, 6) is -3.72. The van der Waals surface area contributed by atoms with Gasteiger partial charge in [0.25, 0.3) is 11.8 Å². The number of H-pyrrole nitrogens is 1. The van der Waals surface area contributed by atoms with Gasteiger partial charge < -0.3 is 26.3 Å². The lowest BCUT2D eigenvalue weighted by molar-refractivity contribution is -0.141. The second-order valence-corrected chi connectivity index (χ2v) is 10.6. The number of amides is 4. The van der Waals surface area contributed by atoms with Crippen LogP contribution in [0.3, 0.4) is 0 Å². The molecule has 0 radical (unpaired) electrons. The third-order valence-electron chi connectivity index (χ3n) is 5.59. The zero-order chi connectivity index (χ0) is 26.6. The van der Waals surface area contributed by atoms with Crippen LogP contribution in [-0.4, -0.2) is 59.1 Å². The number of rotatable bonds is 8. The molecule has 1 fully saturated rings. The van der Waals surface area contributed by atoms with E-state index < -0.39 is 47.5 Å². The van der Waals surface area contributed by atoms with Crippen LogP contribution in [0.5, 0.6) is 0 Å². The third kappa shape index (κ3) is 7.20. The first kappa shape index (κ1) is 27.5. The molecule has 0 aliphatic carbocycles. The SMILES string of the molecule is CC(C)(C)NC(=O)C(=O)C(CC1CCCNC1=O)NC(=O)CNC(=O)c1cc2c(Cl)cc(Cl)cc2[nH]1. The van der Waals surface area contributed by atoms with Crippen molar-refractivity contribution < 1.29 is 24.0 Å².